The third-order valence-electron chi connectivity index (χ3n) is 3.94. The van der Waals surface area contributed by atoms with Crippen molar-refractivity contribution in [2.75, 3.05) is 7.11 Å². The van der Waals surface area contributed by atoms with Crippen molar-refractivity contribution >= 4 is 23.1 Å². The van der Waals surface area contributed by atoms with Gasteiger partial charge in [0.05, 0.1) is 18.9 Å². The van der Waals surface area contributed by atoms with E-state index in [-0.39, 0.29) is 12.4 Å². The van der Waals surface area contributed by atoms with Gasteiger partial charge in [-0.3, -0.25) is 4.79 Å². The van der Waals surface area contributed by atoms with Gasteiger partial charge in [0.15, 0.2) is 0 Å². The molecule has 1 aliphatic heterocycles. The number of methoxy groups -OCH3 is 1. The monoisotopic (exact) mass is 356 g/mol. The van der Waals surface area contributed by atoms with Gasteiger partial charge in [-0.15, -0.1) is 5.11 Å². The molecule has 1 aliphatic rings. The van der Waals surface area contributed by atoms with E-state index in [1.54, 1.807) is 44.5 Å². The Morgan fingerprint density at radius 2 is 1.80 bits per heavy atom. The fraction of sp³-hybridized carbons (Fsp3) is 0.211. The Bertz CT molecular complexity index is 829. The van der Waals surface area contributed by atoms with Gasteiger partial charge in [-0.1, -0.05) is 42.8 Å². The van der Waals surface area contributed by atoms with E-state index < -0.39 is 5.72 Å². The van der Waals surface area contributed by atoms with Gasteiger partial charge in [-0.2, -0.15) is 5.11 Å². The molecule has 0 amide bonds. The van der Waals surface area contributed by atoms with Crippen LogP contribution in [0.1, 0.15) is 24.5 Å². The Labute approximate surface area is 150 Å². The van der Waals surface area contributed by atoms with Crippen molar-refractivity contribution in [1.82, 2.24) is 0 Å². The summed E-state index contributed by atoms with van der Waals surface area (Å²) in [4.78, 5) is 12.1. The Kier molecular flexibility index (Phi) is 4.86. The third kappa shape index (κ3) is 3.28. The number of carbonyl (C=O) groups excluding carboxylic acids is 1. The lowest BCUT2D eigenvalue weighted by atomic mass is 9.90. The molecule has 0 aromatic heterocycles. The number of benzene rings is 2. The van der Waals surface area contributed by atoms with Crippen molar-refractivity contribution in [3.63, 3.8) is 0 Å². The van der Waals surface area contributed by atoms with E-state index in [2.05, 4.69) is 10.2 Å². The zero-order chi connectivity index (χ0) is 17.9. The fourth-order valence-corrected chi connectivity index (χ4v) is 2.74. The zero-order valence-electron chi connectivity index (χ0n) is 13.9. The average Bonchev–Trinajstić information content (AvgIpc) is 3.06. The lowest BCUT2D eigenvalue weighted by Crippen LogP contribution is -2.30. The Hall–Kier alpha value is -2.66. The predicted molar refractivity (Wildman–Crippen MR) is 95.3 cm³/mol. The van der Waals surface area contributed by atoms with Crippen LogP contribution in [0.2, 0.25) is 5.02 Å². The number of halogens is 1. The van der Waals surface area contributed by atoms with Crippen LogP contribution in [0.3, 0.4) is 0 Å². The molecular formula is C19H17ClN2O3. The molecule has 0 aliphatic carbocycles. The first-order valence-electron chi connectivity index (χ1n) is 7.84. The molecule has 0 spiro atoms. The molecule has 0 radical (unpaired) electrons. The summed E-state index contributed by atoms with van der Waals surface area (Å²) in [6.07, 6.45) is 1.85. The summed E-state index contributed by atoms with van der Waals surface area (Å²) in [5, 5.41) is 8.90. The van der Waals surface area contributed by atoms with Crippen LogP contribution < -0.4 is 4.74 Å². The van der Waals surface area contributed by atoms with Gasteiger partial charge in [-0.25, -0.2) is 0 Å². The van der Waals surface area contributed by atoms with E-state index in [4.69, 9.17) is 21.1 Å². The van der Waals surface area contributed by atoms with Gasteiger partial charge in [0.1, 0.15) is 5.75 Å². The highest BCUT2D eigenvalue weighted by atomic mass is 35.5. The van der Waals surface area contributed by atoms with Crippen LogP contribution in [0.25, 0.3) is 5.57 Å². The first-order valence-corrected chi connectivity index (χ1v) is 8.22. The Morgan fingerprint density at radius 3 is 2.40 bits per heavy atom. The summed E-state index contributed by atoms with van der Waals surface area (Å²) >= 11 is 5.99. The van der Waals surface area contributed by atoms with E-state index in [0.717, 1.165) is 11.3 Å². The first-order chi connectivity index (χ1) is 12.1. The molecule has 2 aromatic rings. The molecule has 3 rings (SSSR count). The molecule has 5 nitrogen and oxygen atoms in total. The summed E-state index contributed by atoms with van der Waals surface area (Å²) in [5.41, 5.74) is 0.887. The predicted octanol–water partition coefficient (Wildman–Crippen LogP) is 4.96. The minimum Gasteiger partial charge on any atom is -0.497 e. The van der Waals surface area contributed by atoms with E-state index >= 15 is 0 Å². The van der Waals surface area contributed by atoms with Crippen molar-refractivity contribution in [3.8, 4) is 5.75 Å². The van der Waals surface area contributed by atoms with Crippen molar-refractivity contribution in [2.45, 2.75) is 19.1 Å². The smallest absolute Gasteiger partial charge is 0.308 e. The number of ether oxygens (including phenoxy) is 2. The van der Waals surface area contributed by atoms with Gasteiger partial charge >= 0.3 is 5.97 Å². The molecule has 6 heteroatoms. The summed E-state index contributed by atoms with van der Waals surface area (Å²) in [6, 6.07) is 14.5. The van der Waals surface area contributed by atoms with Crippen LogP contribution in [0.4, 0.5) is 0 Å². The average molecular weight is 357 g/mol. The van der Waals surface area contributed by atoms with Crippen molar-refractivity contribution in [2.24, 2.45) is 10.2 Å². The maximum atomic E-state index is 12.1. The lowest BCUT2D eigenvalue weighted by molar-refractivity contribution is -0.154. The highest BCUT2D eigenvalue weighted by molar-refractivity contribution is 6.30. The molecule has 0 fully saturated rings. The highest BCUT2D eigenvalue weighted by Gasteiger charge is 2.44. The second-order valence-electron chi connectivity index (χ2n) is 5.47. The molecule has 1 heterocycles. The minimum absolute atomic E-state index is 0.237. The minimum atomic E-state index is -1.31. The van der Waals surface area contributed by atoms with Crippen LogP contribution in [0, 0.1) is 0 Å². The van der Waals surface area contributed by atoms with Gasteiger partial charge in [0.25, 0.3) is 5.72 Å². The second kappa shape index (κ2) is 7.07. The first kappa shape index (κ1) is 17.2. The molecular weight excluding hydrogens is 340 g/mol. The molecule has 1 unspecified atom stereocenters. The third-order valence-corrected chi connectivity index (χ3v) is 4.19. The normalized spacial score (nSPS) is 18.8. The van der Waals surface area contributed by atoms with Gasteiger partial charge < -0.3 is 9.47 Å². The summed E-state index contributed by atoms with van der Waals surface area (Å²) in [7, 11) is 1.61. The summed E-state index contributed by atoms with van der Waals surface area (Å²) in [5.74, 6) is 0.370. The molecule has 2 aromatic carbocycles. The molecule has 0 N–H and O–H groups in total. The standard InChI is InChI=1S/C19H17ClN2O3/c1-3-18(23)25-19(14-6-8-15(20)9-7-14)17(12-21-22-19)13-4-10-16(24-2)11-5-13/h4-12H,3H2,1-2H3. The number of hydrogen-bond donors (Lipinski definition) is 0. The van der Waals surface area contributed by atoms with Gasteiger partial charge in [0, 0.05) is 17.0 Å². The topological polar surface area (TPSA) is 60.2 Å². The van der Waals surface area contributed by atoms with E-state index in [9.17, 15) is 4.79 Å². The Morgan fingerprint density at radius 1 is 1.12 bits per heavy atom. The number of nitrogens with zero attached hydrogens (tertiary/aromatic N) is 2. The van der Waals surface area contributed by atoms with Crippen LogP contribution in [0.5, 0.6) is 5.75 Å². The van der Waals surface area contributed by atoms with Crippen molar-refractivity contribution < 1.29 is 14.3 Å². The number of carbonyl (C=O) groups is 1. The fourth-order valence-electron chi connectivity index (χ4n) is 2.61. The highest BCUT2D eigenvalue weighted by Crippen LogP contribution is 2.45. The summed E-state index contributed by atoms with van der Waals surface area (Å²) < 4.78 is 11.0. The van der Waals surface area contributed by atoms with E-state index in [1.807, 2.05) is 24.3 Å². The number of esters is 1. The molecule has 0 bridgehead atoms. The van der Waals surface area contributed by atoms with Gasteiger partial charge in [-0.05, 0) is 29.8 Å². The number of rotatable bonds is 5. The molecule has 25 heavy (non-hydrogen) atoms. The SMILES string of the molecule is CCC(=O)OC1(c2ccc(Cl)cc2)N=NC=C1c1ccc(OC)cc1. The zero-order valence-corrected chi connectivity index (χ0v) is 14.7. The van der Waals surface area contributed by atoms with Crippen LogP contribution >= 0.6 is 11.6 Å². The quantitative estimate of drug-likeness (QED) is 0.711. The number of azo groups is 1. The Balaban J connectivity index is 2.08. The molecule has 0 saturated heterocycles. The molecule has 0 saturated carbocycles. The van der Waals surface area contributed by atoms with Crippen molar-refractivity contribution in [1.29, 1.82) is 0 Å². The largest absolute Gasteiger partial charge is 0.497 e. The van der Waals surface area contributed by atoms with Crippen LogP contribution in [0.15, 0.2) is 65.0 Å². The maximum absolute atomic E-state index is 12.1. The lowest BCUT2D eigenvalue weighted by Gasteiger charge is -2.28. The van der Waals surface area contributed by atoms with Crippen LogP contribution in [-0.2, 0) is 15.3 Å². The van der Waals surface area contributed by atoms with E-state index in [0.29, 0.717) is 16.2 Å². The maximum Gasteiger partial charge on any atom is 0.308 e. The summed E-state index contributed by atoms with van der Waals surface area (Å²) in [6.45, 7) is 1.74. The molecule has 128 valence electrons. The van der Waals surface area contributed by atoms with E-state index in [1.165, 1.54) is 0 Å². The van der Waals surface area contributed by atoms with Crippen molar-refractivity contribution in [3.05, 3.63) is 70.9 Å². The second-order valence-corrected chi connectivity index (χ2v) is 5.90. The van der Waals surface area contributed by atoms with Crippen LogP contribution in [-0.4, -0.2) is 13.1 Å². The van der Waals surface area contributed by atoms with Gasteiger partial charge in [0.2, 0.25) is 0 Å². The number of hydrogen-bond acceptors (Lipinski definition) is 5. The molecule has 1 atom stereocenters.